The van der Waals surface area contributed by atoms with E-state index in [1.54, 1.807) is 29.2 Å². The molecule has 69 heavy (non-hydrogen) atoms. The zero-order chi connectivity index (χ0) is 48.9. The van der Waals surface area contributed by atoms with Gasteiger partial charge in [0.25, 0.3) is 11.8 Å². The summed E-state index contributed by atoms with van der Waals surface area (Å²) in [5, 5.41) is 18.7. The van der Waals surface area contributed by atoms with Crippen LogP contribution in [0.3, 0.4) is 0 Å². The van der Waals surface area contributed by atoms with Gasteiger partial charge in [-0.3, -0.25) is 28.5 Å². The van der Waals surface area contributed by atoms with Gasteiger partial charge in [-0.2, -0.15) is 27.8 Å². The van der Waals surface area contributed by atoms with E-state index >= 15 is 0 Å². The van der Waals surface area contributed by atoms with E-state index in [0.29, 0.717) is 31.6 Å². The molecule has 2 aromatic heterocycles. The maximum atomic E-state index is 13.6. The standard InChI is InChI=1S/C26H28F2N4O2.C13H14F2N2O2.C13H15IN2/c1-26(27,28)25(34)30-21-15-23(33)31(24(21)17-8-4-2-5-9-17)20-12-13-22-18(14-20)16-29-32(22)19-10-6-3-7-11-19;1-13(14,15)12(19)16-9-7-10(18)17-11(9)8-5-3-2-4-6-8;14-11-6-7-13-10(8-11)9-15-16(13)12-4-2-1-3-5-12/h2,4-5,8-9,12-14,16,19,21,24H,3,6-7,10-11,15H2,1H3,(H,30,34);2-6,9,11H,7H2,1H3,(H,16,19)(H,17,18);6-9,12H,1-5H2/t21-,24+;9-,11+;/m00./s1. The molecule has 4 fully saturated rings. The van der Waals surface area contributed by atoms with Gasteiger partial charge in [-0.15, -0.1) is 0 Å². The van der Waals surface area contributed by atoms with E-state index in [0.717, 1.165) is 34.9 Å². The molecule has 4 amide bonds. The summed E-state index contributed by atoms with van der Waals surface area (Å²) < 4.78 is 58.6. The van der Waals surface area contributed by atoms with Gasteiger partial charge in [0.2, 0.25) is 11.8 Å². The van der Waals surface area contributed by atoms with Crippen LogP contribution in [0.25, 0.3) is 21.8 Å². The highest BCUT2D eigenvalue weighted by atomic mass is 127. The molecule has 17 heteroatoms. The van der Waals surface area contributed by atoms with Crippen molar-refractivity contribution in [2.45, 2.75) is 139 Å². The van der Waals surface area contributed by atoms with Gasteiger partial charge in [-0.25, -0.2) is 0 Å². The van der Waals surface area contributed by atoms with Crippen molar-refractivity contribution in [3.63, 3.8) is 0 Å². The highest BCUT2D eigenvalue weighted by Gasteiger charge is 2.45. The molecule has 2 aliphatic carbocycles. The van der Waals surface area contributed by atoms with Crippen LogP contribution in [0, 0.1) is 3.57 Å². The number of hydrogen-bond donors (Lipinski definition) is 3. The number of nitrogens with one attached hydrogen (secondary N) is 3. The largest absolute Gasteiger partial charge is 0.347 e. The molecule has 0 bridgehead atoms. The second-order valence-electron chi connectivity index (χ2n) is 18.6. The molecule has 4 aliphatic rings. The minimum absolute atomic E-state index is 0.00137. The van der Waals surface area contributed by atoms with Crippen molar-refractivity contribution in [1.82, 2.24) is 35.5 Å². The maximum Gasteiger partial charge on any atom is 0.321 e. The zero-order valence-electron chi connectivity index (χ0n) is 38.6. The number of carbonyl (C=O) groups excluding carboxylic acids is 4. The third-order valence-corrected chi connectivity index (χ3v) is 14.1. The molecular formula is C52H57F4IN8O4. The van der Waals surface area contributed by atoms with Crippen molar-refractivity contribution in [3.05, 3.63) is 124 Å². The molecular weight excluding hydrogens is 1000 g/mol. The van der Waals surface area contributed by atoms with Gasteiger partial charge in [-0.05, 0) is 95.8 Å². The van der Waals surface area contributed by atoms with Crippen LogP contribution in [0.1, 0.15) is 126 Å². The molecule has 3 N–H and O–H groups in total. The summed E-state index contributed by atoms with van der Waals surface area (Å²) in [5.74, 6) is -10.2. The molecule has 2 aliphatic heterocycles. The van der Waals surface area contributed by atoms with Crippen LogP contribution in [0.5, 0.6) is 0 Å². The molecule has 10 rings (SSSR count). The molecule has 6 aromatic rings. The Balaban J connectivity index is 0.000000154. The van der Waals surface area contributed by atoms with Gasteiger partial charge in [0, 0.05) is 46.7 Å². The predicted octanol–water partition coefficient (Wildman–Crippen LogP) is 10.7. The van der Waals surface area contributed by atoms with Crippen LogP contribution in [-0.4, -0.2) is 67.1 Å². The van der Waals surface area contributed by atoms with Crippen LogP contribution in [0.2, 0.25) is 0 Å². The van der Waals surface area contributed by atoms with Crippen molar-refractivity contribution >= 4 is 73.7 Å². The smallest absolute Gasteiger partial charge is 0.321 e. The van der Waals surface area contributed by atoms with Crippen molar-refractivity contribution in [1.29, 1.82) is 0 Å². The number of alkyl halides is 4. The lowest BCUT2D eigenvalue weighted by Crippen LogP contribution is -2.46. The Morgan fingerprint density at radius 2 is 1.13 bits per heavy atom. The summed E-state index contributed by atoms with van der Waals surface area (Å²) in [6.45, 7) is 1.09. The lowest BCUT2D eigenvalue weighted by molar-refractivity contribution is -0.144. The second kappa shape index (κ2) is 21.4. The van der Waals surface area contributed by atoms with Crippen molar-refractivity contribution in [3.8, 4) is 0 Å². The topological polar surface area (TPSA) is 143 Å². The molecule has 0 spiro atoms. The molecule has 0 radical (unpaired) electrons. The van der Waals surface area contributed by atoms with E-state index in [9.17, 15) is 36.7 Å². The van der Waals surface area contributed by atoms with Crippen LogP contribution in [-0.2, 0) is 19.2 Å². The Hall–Kier alpha value is -5.85. The number of benzene rings is 4. The van der Waals surface area contributed by atoms with Gasteiger partial charge in [0.1, 0.15) is 0 Å². The van der Waals surface area contributed by atoms with Gasteiger partial charge in [-0.1, -0.05) is 99.2 Å². The summed E-state index contributed by atoms with van der Waals surface area (Å²) in [6, 6.07) is 29.1. The van der Waals surface area contributed by atoms with Gasteiger partial charge >= 0.3 is 11.8 Å². The quantitative estimate of drug-likeness (QED) is 0.0972. The number of hydrogen-bond acceptors (Lipinski definition) is 6. The lowest BCUT2D eigenvalue weighted by Gasteiger charge is -2.30. The molecule has 364 valence electrons. The third-order valence-electron chi connectivity index (χ3n) is 13.4. The van der Waals surface area contributed by atoms with E-state index in [-0.39, 0.29) is 24.7 Å². The molecule has 4 aromatic carbocycles. The molecule has 4 heterocycles. The predicted molar refractivity (Wildman–Crippen MR) is 265 cm³/mol. The van der Waals surface area contributed by atoms with E-state index in [1.807, 2.05) is 67.0 Å². The summed E-state index contributed by atoms with van der Waals surface area (Å²) >= 11 is 2.35. The SMILES string of the molecule is CC(F)(F)C(=O)N[C@H]1CC(=O)N(c2ccc3c(cnn3C3CCCCC3)c2)[C@@H]1c1ccccc1.CC(F)(F)C(=O)N[C@H]1CC(=O)N[C@@H]1c1ccccc1.Ic1ccc2c(cnn2C2CCCCC2)c1. The van der Waals surface area contributed by atoms with Crippen LogP contribution < -0.4 is 20.9 Å². The number of rotatable bonds is 9. The fourth-order valence-corrected chi connectivity index (χ4v) is 10.5. The number of halogens is 5. The number of aromatic nitrogens is 4. The van der Waals surface area contributed by atoms with Gasteiger partial charge in [0.05, 0.1) is 59.7 Å². The average molecular weight is 1060 g/mol. The first-order valence-corrected chi connectivity index (χ1v) is 24.8. The van der Waals surface area contributed by atoms with Crippen molar-refractivity contribution in [2.75, 3.05) is 4.90 Å². The number of carbonyl (C=O) groups is 4. The number of anilines is 1. The Kier molecular flexibility index (Phi) is 15.4. The lowest BCUT2D eigenvalue weighted by atomic mass is 9.95. The van der Waals surface area contributed by atoms with Crippen LogP contribution in [0.4, 0.5) is 23.2 Å². The molecule has 4 atom stereocenters. The second-order valence-corrected chi connectivity index (χ2v) is 19.9. The molecule has 12 nitrogen and oxygen atoms in total. The Labute approximate surface area is 412 Å². The van der Waals surface area contributed by atoms with Crippen LogP contribution in [0.15, 0.2) is 109 Å². The third kappa shape index (κ3) is 11.8. The van der Waals surface area contributed by atoms with Gasteiger partial charge < -0.3 is 20.9 Å². The maximum absolute atomic E-state index is 13.6. The Bertz CT molecular complexity index is 2750. The van der Waals surface area contributed by atoms with Gasteiger partial charge in [0.15, 0.2) is 0 Å². The molecule has 2 saturated heterocycles. The molecule has 2 saturated carbocycles. The van der Waals surface area contributed by atoms with E-state index in [2.05, 4.69) is 76.3 Å². The van der Waals surface area contributed by atoms with Crippen molar-refractivity contribution < 1.29 is 36.7 Å². The van der Waals surface area contributed by atoms with Crippen LogP contribution >= 0.6 is 22.6 Å². The first kappa shape index (κ1) is 49.6. The molecule has 0 unspecified atom stereocenters. The number of fused-ring (bicyclic) bond motifs is 2. The normalized spacial score (nSPS) is 21.3. The Morgan fingerprint density at radius 3 is 1.67 bits per heavy atom. The number of nitrogens with zero attached hydrogens (tertiary/aromatic N) is 5. The minimum Gasteiger partial charge on any atom is -0.347 e. The Morgan fingerprint density at radius 1 is 0.638 bits per heavy atom. The highest BCUT2D eigenvalue weighted by Crippen LogP contribution is 2.40. The monoisotopic (exact) mass is 1060 g/mol. The summed E-state index contributed by atoms with van der Waals surface area (Å²) in [4.78, 5) is 49.6. The number of amides is 4. The summed E-state index contributed by atoms with van der Waals surface area (Å²) in [7, 11) is 0. The summed E-state index contributed by atoms with van der Waals surface area (Å²) in [5.41, 5.74) is 4.53. The van der Waals surface area contributed by atoms with E-state index in [1.165, 1.54) is 65.8 Å². The zero-order valence-corrected chi connectivity index (χ0v) is 40.8. The first-order valence-electron chi connectivity index (χ1n) is 23.7. The van der Waals surface area contributed by atoms with Crippen molar-refractivity contribution in [2.24, 2.45) is 0 Å². The minimum atomic E-state index is -3.52. The van der Waals surface area contributed by atoms with E-state index in [4.69, 9.17) is 0 Å². The fourth-order valence-electron chi connectivity index (χ4n) is 10.00. The average Bonchev–Trinajstić information content (AvgIpc) is 4.13. The first-order chi connectivity index (χ1) is 33.0. The highest BCUT2D eigenvalue weighted by molar-refractivity contribution is 14.1. The fraction of sp³-hybridized carbons (Fsp3) is 0.423. The summed E-state index contributed by atoms with van der Waals surface area (Å²) in [6.07, 6.45) is 16.4. The van der Waals surface area contributed by atoms with E-state index < -0.39 is 47.8 Å².